The van der Waals surface area contributed by atoms with Gasteiger partial charge in [0.2, 0.25) is 0 Å². The SMILES string of the molecule is CS(=O)(=O)[C@@H](CO)/C(=N\O)c1ccccc1. The average Bonchev–Trinajstić information content (AvgIpc) is 2.25. The third-order valence-corrected chi connectivity index (χ3v) is 3.57. The molecule has 16 heavy (non-hydrogen) atoms. The van der Waals surface area contributed by atoms with Crippen LogP contribution in [0.5, 0.6) is 0 Å². The minimum atomic E-state index is -3.52. The summed E-state index contributed by atoms with van der Waals surface area (Å²) >= 11 is 0. The first-order chi connectivity index (χ1) is 7.50. The van der Waals surface area contributed by atoms with Crippen molar-refractivity contribution in [2.45, 2.75) is 5.25 Å². The molecule has 1 atom stereocenters. The fraction of sp³-hybridized carbons (Fsp3) is 0.300. The molecule has 0 saturated heterocycles. The van der Waals surface area contributed by atoms with Gasteiger partial charge in [-0.3, -0.25) is 0 Å². The van der Waals surface area contributed by atoms with Crippen LogP contribution in [-0.2, 0) is 9.84 Å². The number of aliphatic hydroxyl groups is 1. The lowest BCUT2D eigenvalue weighted by Gasteiger charge is -2.13. The highest BCUT2D eigenvalue weighted by molar-refractivity contribution is 7.92. The van der Waals surface area contributed by atoms with Gasteiger partial charge in [0.1, 0.15) is 11.0 Å². The van der Waals surface area contributed by atoms with Gasteiger partial charge < -0.3 is 10.3 Å². The third kappa shape index (κ3) is 2.80. The van der Waals surface area contributed by atoms with E-state index in [0.717, 1.165) is 6.26 Å². The first kappa shape index (κ1) is 12.7. The van der Waals surface area contributed by atoms with E-state index in [1.54, 1.807) is 30.3 Å². The second kappa shape index (κ2) is 5.09. The molecule has 1 aromatic carbocycles. The zero-order chi connectivity index (χ0) is 12.2. The van der Waals surface area contributed by atoms with Crippen LogP contribution >= 0.6 is 0 Å². The molecule has 1 rings (SSSR count). The van der Waals surface area contributed by atoms with Gasteiger partial charge in [-0.25, -0.2) is 8.42 Å². The van der Waals surface area contributed by atoms with Gasteiger partial charge in [-0.2, -0.15) is 0 Å². The molecule has 88 valence electrons. The van der Waals surface area contributed by atoms with Crippen LogP contribution in [0, 0.1) is 0 Å². The van der Waals surface area contributed by atoms with E-state index >= 15 is 0 Å². The van der Waals surface area contributed by atoms with Crippen LogP contribution in [0.2, 0.25) is 0 Å². The summed E-state index contributed by atoms with van der Waals surface area (Å²) in [5.41, 5.74) is 0.417. The standard InChI is InChI=1S/C10H13NO4S/c1-16(14,15)9(7-12)10(11-13)8-5-3-2-4-6-8/h2-6,9,12-13H,7H2,1H3/b11-10-/t9-/m0/s1. The fourth-order valence-corrected chi connectivity index (χ4v) is 2.20. The van der Waals surface area contributed by atoms with Crippen molar-refractivity contribution in [1.82, 2.24) is 0 Å². The van der Waals surface area contributed by atoms with Crippen molar-refractivity contribution in [2.24, 2.45) is 5.16 Å². The van der Waals surface area contributed by atoms with Crippen LogP contribution in [0.1, 0.15) is 5.56 Å². The summed E-state index contributed by atoms with van der Waals surface area (Å²) in [5.74, 6) is 0. The molecule has 2 N–H and O–H groups in total. The lowest BCUT2D eigenvalue weighted by molar-refractivity contribution is 0.296. The van der Waals surface area contributed by atoms with E-state index < -0.39 is 21.7 Å². The van der Waals surface area contributed by atoms with E-state index in [4.69, 9.17) is 10.3 Å². The lowest BCUT2D eigenvalue weighted by atomic mass is 10.1. The Morgan fingerprint density at radius 2 is 1.94 bits per heavy atom. The maximum atomic E-state index is 11.4. The van der Waals surface area contributed by atoms with Gasteiger partial charge in [0.25, 0.3) is 0 Å². The highest BCUT2D eigenvalue weighted by atomic mass is 32.2. The Labute approximate surface area is 94.0 Å². The minimum absolute atomic E-state index is 0.0504. The van der Waals surface area contributed by atoms with Gasteiger partial charge in [-0.05, 0) is 0 Å². The fourth-order valence-electron chi connectivity index (χ4n) is 1.34. The van der Waals surface area contributed by atoms with Crippen molar-refractivity contribution < 1.29 is 18.7 Å². The molecule has 0 aliphatic carbocycles. The van der Waals surface area contributed by atoms with Crippen molar-refractivity contribution in [3.63, 3.8) is 0 Å². The number of aliphatic hydroxyl groups excluding tert-OH is 1. The van der Waals surface area contributed by atoms with Crippen LogP contribution < -0.4 is 0 Å². The van der Waals surface area contributed by atoms with E-state index in [1.807, 2.05) is 0 Å². The van der Waals surface area contributed by atoms with Crippen LogP contribution in [0.25, 0.3) is 0 Å². The van der Waals surface area contributed by atoms with E-state index in [0.29, 0.717) is 5.56 Å². The quantitative estimate of drug-likeness (QED) is 0.451. The summed E-state index contributed by atoms with van der Waals surface area (Å²) in [4.78, 5) is 0. The van der Waals surface area contributed by atoms with E-state index in [2.05, 4.69) is 5.16 Å². The molecule has 0 unspecified atom stereocenters. The molecule has 0 aliphatic heterocycles. The normalized spacial score (nSPS) is 14.8. The van der Waals surface area contributed by atoms with Gasteiger partial charge in [0.15, 0.2) is 9.84 Å². The maximum Gasteiger partial charge on any atom is 0.158 e. The smallest absolute Gasteiger partial charge is 0.158 e. The van der Waals surface area contributed by atoms with Gasteiger partial charge in [-0.15, -0.1) is 0 Å². The largest absolute Gasteiger partial charge is 0.411 e. The van der Waals surface area contributed by atoms with Gasteiger partial charge >= 0.3 is 0 Å². The van der Waals surface area contributed by atoms with Crippen LogP contribution in [0.4, 0.5) is 0 Å². The Morgan fingerprint density at radius 3 is 2.31 bits per heavy atom. The minimum Gasteiger partial charge on any atom is -0.411 e. The van der Waals surface area contributed by atoms with Crippen LogP contribution in [0.15, 0.2) is 35.5 Å². The van der Waals surface area contributed by atoms with Gasteiger partial charge in [0.05, 0.1) is 6.61 Å². The summed E-state index contributed by atoms with van der Waals surface area (Å²) in [6.45, 7) is -0.618. The molecule has 1 aromatic rings. The Bertz CT molecular complexity index is 467. The topological polar surface area (TPSA) is 87.0 Å². The molecule has 0 saturated carbocycles. The Morgan fingerprint density at radius 1 is 1.38 bits per heavy atom. The predicted molar refractivity (Wildman–Crippen MR) is 60.5 cm³/mol. The van der Waals surface area contributed by atoms with Crippen molar-refractivity contribution in [1.29, 1.82) is 0 Å². The van der Waals surface area contributed by atoms with Crippen molar-refractivity contribution in [3.05, 3.63) is 35.9 Å². The highest BCUT2D eigenvalue weighted by Gasteiger charge is 2.27. The molecule has 6 heteroatoms. The van der Waals surface area contributed by atoms with Crippen molar-refractivity contribution >= 4 is 15.5 Å². The number of rotatable bonds is 4. The molecule has 0 spiro atoms. The number of sulfone groups is 1. The Hall–Kier alpha value is -1.40. The van der Waals surface area contributed by atoms with Crippen LogP contribution in [0.3, 0.4) is 0 Å². The first-order valence-corrected chi connectivity index (χ1v) is 6.53. The van der Waals surface area contributed by atoms with Gasteiger partial charge in [-0.1, -0.05) is 35.5 Å². The lowest BCUT2D eigenvalue weighted by Crippen LogP contribution is -2.33. The summed E-state index contributed by atoms with van der Waals surface area (Å²) in [6, 6.07) is 8.37. The zero-order valence-corrected chi connectivity index (χ0v) is 9.55. The first-order valence-electron chi connectivity index (χ1n) is 4.57. The van der Waals surface area contributed by atoms with E-state index in [1.165, 1.54) is 0 Å². The molecule has 0 bridgehead atoms. The number of benzene rings is 1. The Balaban J connectivity index is 3.19. The molecule has 5 nitrogen and oxygen atoms in total. The highest BCUT2D eigenvalue weighted by Crippen LogP contribution is 2.10. The maximum absolute atomic E-state index is 11.4. The summed E-state index contributed by atoms with van der Waals surface area (Å²) in [7, 11) is -3.52. The molecule has 0 heterocycles. The monoisotopic (exact) mass is 243 g/mol. The summed E-state index contributed by atoms with van der Waals surface area (Å²) < 4.78 is 22.8. The number of hydrogen-bond acceptors (Lipinski definition) is 5. The Kier molecular flexibility index (Phi) is 4.03. The van der Waals surface area contributed by atoms with E-state index in [9.17, 15) is 8.42 Å². The molecule has 0 fully saturated rings. The molecule has 0 amide bonds. The number of oxime groups is 1. The van der Waals surface area contributed by atoms with Crippen molar-refractivity contribution in [3.8, 4) is 0 Å². The molecular weight excluding hydrogens is 230 g/mol. The van der Waals surface area contributed by atoms with Crippen molar-refractivity contribution in [2.75, 3.05) is 12.9 Å². The molecule has 0 radical (unpaired) electrons. The predicted octanol–water partition coefficient (Wildman–Crippen LogP) is 0.270. The van der Waals surface area contributed by atoms with Crippen LogP contribution in [-0.4, -0.2) is 42.6 Å². The zero-order valence-electron chi connectivity index (χ0n) is 8.74. The summed E-state index contributed by atoms with van der Waals surface area (Å²) in [6.07, 6.45) is 0.988. The molecule has 0 aliphatic rings. The van der Waals surface area contributed by atoms with Gasteiger partial charge in [0, 0.05) is 11.8 Å². The third-order valence-electron chi connectivity index (χ3n) is 2.16. The summed E-state index contributed by atoms with van der Waals surface area (Å²) in [5, 5.41) is 19.7. The number of hydrogen-bond donors (Lipinski definition) is 2. The number of nitrogens with zero attached hydrogens (tertiary/aromatic N) is 1. The molecular formula is C10H13NO4S. The second-order valence-corrected chi connectivity index (χ2v) is 5.58. The van der Waals surface area contributed by atoms with E-state index in [-0.39, 0.29) is 5.71 Å². The average molecular weight is 243 g/mol. The molecule has 0 aromatic heterocycles. The second-order valence-electron chi connectivity index (χ2n) is 3.35.